The number of H-pyrrole nitrogens is 1. The van der Waals surface area contributed by atoms with Crippen molar-refractivity contribution in [2.45, 2.75) is 45.2 Å². The van der Waals surface area contributed by atoms with Crippen molar-refractivity contribution in [3.05, 3.63) is 18.2 Å². The highest BCUT2D eigenvalue weighted by Crippen LogP contribution is 2.27. The fraction of sp³-hybridized carbons (Fsp3) is 0.562. The highest BCUT2D eigenvalue weighted by Gasteiger charge is 2.23. The van der Waals surface area contributed by atoms with E-state index in [2.05, 4.69) is 67.7 Å². The van der Waals surface area contributed by atoms with Gasteiger partial charge in [-0.3, -0.25) is 0 Å². The fourth-order valence-corrected chi connectivity index (χ4v) is 3.13. The Morgan fingerprint density at radius 1 is 1.29 bits per heavy atom. The first-order valence-corrected chi connectivity index (χ1v) is 8.55. The zero-order valence-electron chi connectivity index (χ0n) is 14.4. The molecule has 0 atom stereocenters. The van der Waals surface area contributed by atoms with Gasteiger partial charge in [-0.25, -0.2) is 9.99 Å². The number of fused-ring (bicyclic) bond motifs is 1. The molecule has 128 valence electrons. The molecule has 1 aliphatic carbocycles. The van der Waals surface area contributed by atoms with Crippen LogP contribution >= 0.6 is 0 Å². The Morgan fingerprint density at radius 3 is 2.79 bits per heavy atom. The molecule has 1 saturated carbocycles. The van der Waals surface area contributed by atoms with E-state index in [1.54, 1.807) is 6.33 Å². The zero-order chi connectivity index (χ0) is 16.7. The first-order chi connectivity index (χ1) is 11.6. The molecular formula is C16H24N8. The maximum atomic E-state index is 4.67. The van der Waals surface area contributed by atoms with Crippen LogP contribution in [0.25, 0.3) is 11.2 Å². The predicted molar refractivity (Wildman–Crippen MR) is 94.3 cm³/mol. The summed E-state index contributed by atoms with van der Waals surface area (Å²) in [6.07, 6.45) is 7.45. The molecule has 1 aliphatic heterocycles. The predicted octanol–water partition coefficient (Wildman–Crippen LogP) is 2.14. The number of hydrogen-bond donors (Lipinski definition) is 3. The maximum Gasteiger partial charge on any atom is 0.231 e. The molecule has 2 aliphatic rings. The summed E-state index contributed by atoms with van der Waals surface area (Å²) in [5.74, 6) is 1.42. The third-order valence-electron chi connectivity index (χ3n) is 4.61. The van der Waals surface area contributed by atoms with Gasteiger partial charge < -0.3 is 20.6 Å². The summed E-state index contributed by atoms with van der Waals surface area (Å²) in [6.45, 7) is 5.15. The van der Waals surface area contributed by atoms with Crippen molar-refractivity contribution < 1.29 is 0 Å². The second-order valence-corrected chi connectivity index (χ2v) is 6.84. The van der Waals surface area contributed by atoms with Gasteiger partial charge in [0.05, 0.1) is 18.6 Å². The molecule has 24 heavy (non-hydrogen) atoms. The maximum absolute atomic E-state index is 4.67. The summed E-state index contributed by atoms with van der Waals surface area (Å²) >= 11 is 0. The second-order valence-electron chi connectivity index (χ2n) is 6.84. The lowest BCUT2D eigenvalue weighted by Crippen LogP contribution is -2.36. The standard InChI is InChI=1S/C16H24N8/c1-10(2)24-8-12(7-23(24)3)20-16-21-14-13(17-9-18-14)15(22-16)19-11-5-4-6-11/h8-11H,4-7H2,1-3H3,(H3,17,18,19,20,21,22). The van der Waals surface area contributed by atoms with Crippen molar-refractivity contribution in [3.8, 4) is 0 Å². The molecule has 3 heterocycles. The van der Waals surface area contributed by atoms with Gasteiger partial charge in [-0.05, 0) is 33.1 Å². The molecule has 3 N–H and O–H groups in total. The van der Waals surface area contributed by atoms with Crippen LogP contribution in [-0.4, -0.2) is 55.6 Å². The normalized spacial score (nSPS) is 19.0. The Morgan fingerprint density at radius 2 is 2.12 bits per heavy atom. The third kappa shape index (κ3) is 2.77. The van der Waals surface area contributed by atoms with E-state index in [4.69, 9.17) is 0 Å². The molecule has 2 aromatic heterocycles. The Kier molecular flexibility index (Phi) is 3.76. The van der Waals surface area contributed by atoms with Crippen molar-refractivity contribution in [3.63, 3.8) is 0 Å². The van der Waals surface area contributed by atoms with E-state index in [1.807, 2.05) is 0 Å². The van der Waals surface area contributed by atoms with Crippen molar-refractivity contribution >= 4 is 22.9 Å². The number of aromatic nitrogens is 4. The highest BCUT2D eigenvalue weighted by molar-refractivity contribution is 5.84. The fourth-order valence-electron chi connectivity index (χ4n) is 3.13. The van der Waals surface area contributed by atoms with Crippen LogP contribution in [0.5, 0.6) is 0 Å². The van der Waals surface area contributed by atoms with Gasteiger partial charge in [-0.15, -0.1) is 0 Å². The molecule has 8 nitrogen and oxygen atoms in total. The van der Waals surface area contributed by atoms with Crippen LogP contribution < -0.4 is 10.6 Å². The lowest BCUT2D eigenvalue weighted by Gasteiger charge is -2.28. The molecule has 0 saturated heterocycles. The van der Waals surface area contributed by atoms with Gasteiger partial charge in [0.2, 0.25) is 5.95 Å². The minimum absolute atomic E-state index is 0.417. The van der Waals surface area contributed by atoms with Crippen molar-refractivity contribution in [2.24, 2.45) is 0 Å². The number of anilines is 2. The van der Waals surface area contributed by atoms with Gasteiger partial charge in [0.1, 0.15) is 5.52 Å². The van der Waals surface area contributed by atoms with Crippen molar-refractivity contribution in [1.82, 2.24) is 30.0 Å². The van der Waals surface area contributed by atoms with E-state index in [-0.39, 0.29) is 0 Å². The molecule has 2 aromatic rings. The molecule has 0 amide bonds. The number of hydrazine groups is 1. The second kappa shape index (κ2) is 5.94. The van der Waals surface area contributed by atoms with Crippen LogP contribution in [0.2, 0.25) is 0 Å². The van der Waals surface area contributed by atoms with Gasteiger partial charge in [-0.1, -0.05) is 0 Å². The zero-order valence-corrected chi connectivity index (χ0v) is 14.4. The Balaban J connectivity index is 1.59. The number of rotatable bonds is 5. The Hall–Kier alpha value is -2.35. The quantitative estimate of drug-likeness (QED) is 0.775. The molecule has 8 heteroatoms. The molecule has 0 unspecified atom stereocenters. The highest BCUT2D eigenvalue weighted by atomic mass is 15.6. The van der Waals surface area contributed by atoms with E-state index < -0.39 is 0 Å². The number of hydrogen-bond acceptors (Lipinski definition) is 7. The first-order valence-electron chi connectivity index (χ1n) is 8.55. The molecule has 0 spiro atoms. The van der Waals surface area contributed by atoms with Crippen LogP contribution in [0, 0.1) is 0 Å². The summed E-state index contributed by atoms with van der Waals surface area (Å²) in [6, 6.07) is 0.924. The average molecular weight is 328 g/mol. The van der Waals surface area contributed by atoms with Crippen LogP contribution in [-0.2, 0) is 0 Å². The van der Waals surface area contributed by atoms with Crippen molar-refractivity contribution in [2.75, 3.05) is 24.2 Å². The lowest BCUT2D eigenvalue weighted by molar-refractivity contribution is 0.0518. The summed E-state index contributed by atoms with van der Waals surface area (Å²) in [5, 5.41) is 11.2. The average Bonchev–Trinajstić information content (AvgIpc) is 3.09. The van der Waals surface area contributed by atoms with Crippen LogP contribution in [0.4, 0.5) is 11.8 Å². The largest absolute Gasteiger partial charge is 0.365 e. The number of nitrogens with one attached hydrogen (secondary N) is 3. The molecule has 0 radical (unpaired) electrons. The SMILES string of the molecule is CC(C)N1C=C(Nc2nc(NC3CCC3)c3[nH]cnc3n2)CN1C. The minimum Gasteiger partial charge on any atom is -0.365 e. The van der Waals surface area contributed by atoms with Crippen LogP contribution in [0.15, 0.2) is 18.2 Å². The summed E-state index contributed by atoms with van der Waals surface area (Å²) < 4.78 is 0. The smallest absolute Gasteiger partial charge is 0.231 e. The van der Waals surface area contributed by atoms with Crippen LogP contribution in [0.1, 0.15) is 33.1 Å². The van der Waals surface area contributed by atoms with E-state index in [1.165, 1.54) is 19.3 Å². The monoisotopic (exact) mass is 328 g/mol. The number of imidazole rings is 1. The van der Waals surface area contributed by atoms with Gasteiger partial charge in [-0.2, -0.15) is 9.97 Å². The number of aromatic amines is 1. The Bertz CT molecular complexity index is 761. The van der Waals surface area contributed by atoms with E-state index in [0.29, 0.717) is 23.7 Å². The minimum atomic E-state index is 0.417. The van der Waals surface area contributed by atoms with Gasteiger partial charge in [0.25, 0.3) is 0 Å². The van der Waals surface area contributed by atoms with E-state index >= 15 is 0 Å². The van der Waals surface area contributed by atoms with E-state index in [0.717, 1.165) is 23.6 Å². The van der Waals surface area contributed by atoms with Gasteiger partial charge >= 0.3 is 0 Å². The molecule has 0 bridgehead atoms. The topological polar surface area (TPSA) is 85.0 Å². The third-order valence-corrected chi connectivity index (χ3v) is 4.61. The van der Waals surface area contributed by atoms with Crippen molar-refractivity contribution in [1.29, 1.82) is 0 Å². The molecule has 1 fully saturated rings. The molecule has 4 rings (SSSR count). The number of likely N-dealkylation sites (N-methyl/N-ethyl adjacent to an activating group) is 1. The van der Waals surface area contributed by atoms with Crippen LogP contribution in [0.3, 0.4) is 0 Å². The molecule has 0 aromatic carbocycles. The van der Waals surface area contributed by atoms with Gasteiger partial charge in [0.15, 0.2) is 11.5 Å². The first kappa shape index (κ1) is 15.2. The Labute approximate surface area is 141 Å². The molecular weight excluding hydrogens is 304 g/mol. The van der Waals surface area contributed by atoms with Gasteiger partial charge in [0, 0.05) is 25.3 Å². The summed E-state index contributed by atoms with van der Waals surface area (Å²) in [4.78, 5) is 16.6. The lowest BCUT2D eigenvalue weighted by atomic mass is 9.93. The summed E-state index contributed by atoms with van der Waals surface area (Å²) in [7, 11) is 2.08. The number of nitrogens with zero attached hydrogens (tertiary/aromatic N) is 5. The van der Waals surface area contributed by atoms with E-state index in [9.17, 15) is 0 Å². The summed E-state index contributed by atoms with van der Waals surface area (Å²) in [5.41, 5.74) is 2.63.